The van der Waals surface area contributed by atoms with E-state index in [9.17, 15) is 20.4 Å². The van der Waals surface area contributed by atoms with Gasteiger partial charge in [-0.05, 0) is 85.5 Å². The third-order valence-corrected chi connectivity index (χ3v) is 11.2. The minimum absolute atomic E-state index is 0.0885. The third-order valence-electron chi connectivity index (χ3n) is 11.2. The van der Waals surface area contributed by atoms with Gasteiger partial charge in [-0.25, -0.2) is 0 Å². The summed E-state index contributed by atoms with van der Waals surface area (Å²) in [7, 11) is 0. The lowest BCUT2D eigenvalue weighted by atomic mass is 9.43. The Hall–Kier alpha value is -0.680. The second-order valence-corrected chi connectivity index (χ2v) is 13.1. The van der Waals surface area contributed by atoms with Gasteiger partial charge >= 0.3 is 0 Å². The van der Waals surface area contributed by atoms with Gasteiger partial charge in [0.05, 0.1) is 11.7 Å². The number of fused-ring (bicyclic) bond motifs is 5. The molecule has 4 nitrogen and oxygen atoms in total. The van der Waals surface area contributed by atoms with Crippen LogP contribution in [0.2, 0.25) is 0 Å². The Balaban J connectivity index is 1.61. The molecule has 10 atom stereocenters. The molecule has 0 heterocycles. The molecule has 0 aromatic rings. The second-order valence-electron chi connectivity index (χ2n) is 13.1. The fourth-order valence-corrected chi connectivity index (χ4v) is 8.32. The van der Waals surface area contributed by atoms with E-state index in [1.54, 1.807) is 6.08 Å². The Labute approximate surface area is 201 Å². The molecular weight excluding hydrogens is 412 g/mol. The standard InChI is InChI=1S/C29H48O4/c1-18(2)19(3)8-7-9-20(4)22-10-11-23-24-16-25(31)29(33)17-21(30)12-13-27(29,6)28(24,32)15-14-26(22,23)5/h7,9,16,18-23,25,30-33H,8,10-15,17H2,1-6H3/b9-7+/t19-,20-,21+,22-,23+,25-,26-,27-,28-,29+/m1/s1. The zero-order valence-corrected chi connectivity index (χ0v) is 21.7. The van der Waals surface area contributed by atoms with E-state index < -0.39 is 28.8 Å². The first-order valence-electron chi connectivity index (χ1n) is 13.5. The van der Waals surface area contributed by atoms with Crippen molar-refractivity contribution in [1.82, 2.24) is 0 Å². The summed E-state index contributed by atoms with van der Waals surface area (Å²) in [6.07, 6.45) is 10.9. The molecule has 0 radical (unpaired) electrons. The van der Waals surface area contributed by atoms with Crippen LogP contribution >= 0.6 is 0 Å². The summed E-state index contributed by atoms with van der Waals surface area (Å²) in [6.45, 7) is 13.6. The molecule has 4 N–H and O–H groups in total. The number of aliphatic hydroxyl groups is 4. The van der Waals surface area contributed by atoms with E-state index in [2.05, 4.69) is 46.8 Å². The summed E-state index contributed by atoms with van der Waals surface area (Å²) in [5.74, 6) is 2.65. The van der Waals surface area contributed by atoms with Gasteiger partial charge in [0.1, 0.15) is 11.7 Å². The number of aliphatic hydroxyl groups excluding tert-OH is 2. The van der Waals surface area contributed by atoms with Crippen molar-refractivity contribution in [3.63, 3.8) is 0 Å². The molecule has 3 fully saturated rings. The van der Waals surface area contributed by atoms with Gasteiger partial charge in [0.15, 0.2) is 0 Å². The van der Waals surface area contributed by atoms with Crippen molar-refractivity contribution < 1.29 is 20.4 Å². The van der Waals surface area contributed by atoms with Crippen LogP contribution < -0.4 is 0 Å². The predicted octanol–water partition coefficient (Wildman–Crippen LogP) is 5.00. The molecule has 4 aliphatic carbocycles. The number of rotatable bonds is 5. The minimum Gasteiger partial charge on any atom is -0.393 e. The van der Waals surface area contributed by atoms with E-state index in [0.29, 0.717) is 42.9 Å². The summed E-state index contributed by atoms with van der Waals surface area (Å²) in [4.78, 5) is 0. The highest BCUT2D eigenvalue weighted by atomic mass is 16.4. The van der Waals surface area contributed by atoms with Crippen LogP contribution in [0, 0.1) is 40.4 Å². The summed E-state index contributed by atoms with van der Waals surface area (Å²) in [5.41, 5.74) is -2.39. The van der Waals surface area contributed by atoms with Gasteiger partial charge < -0.3 is 20.4 Å². The molecule has 4 aliphatic rings. The highest BCUT2D eigenvalue weighted by molar-refractivity contribution is 5.40. The molecular formula is C29H48O4. The van der Waals surface area contributed by atoms with Crippen LogP contribution in [0.15, 0.2) is 23.8 Å². The maximum Gasteiger partial charge on any atom is 0.105 e. The molecule has 0 saturated heterocycles. The van der Waals surface area contributed by atoms with Crippen LogP contribution in [-0.2, 0) is 0 Å². The van der Waals surface area contributed by atoms with Crippen LogP contribution in [0.1, 0.15) is 92.9 Å². The first-order chi connectivity index (χ1) is 15.3. The lowest BCUT2D eigenvalue weighted by Crippen LogP contribution is -2.72. The molecule has 0 aliphatic heterocycles. The Morgan fingerprint density at radius 3 is 2.36 bits per heavy atom. The van der Waals surface area contributed by atoms with E-state index in [1.807, 2.05) is 6.92 Å². The Bertz CT molecular complexity index is 803. The Morgan fingerprint density at radius 1 is 1.00 bits per heavy atom. The highest BCUT2D eigenvalue weighted by Gasteiger charge is 2.70. The molecule has 3 saturated carbocycles. The molecule has 0 aromatic heterocycles. The molecule has 0 aromatic carbocycles. The monoisotopic (exact) mass is 460 g/mol. The average Bonchev–Trinajstić information content (AvgIpc) is 3.09. The van der Waals surface area contributed by atoms with Crippen molar-refractivity contribution in [2.24, 2.45) is 40.4 Å². The van der Waals surface area contributed by atoms with Gasteiger partial charge in [-0.15, -0.1) is 0 Å². The van der Waals surface area contributed by atoms with E-state index in [-0.39, 0.29) is 17.8 Å². The van der Waals surface area contributed by atoms with E-state index in [1.165, 1.54) is 0 Å². The van der Waals surface area contributed by atoms with E-state index in [4.69, 9.17) is 0 Å². The first-order valence-corrected chi connectivity index (χ1v) is 13.5. The Kier molecular flexibility index (Phi) is 6.52. The first kappa shape index (κ1) is 25.4. The lowest BCUT2D eigenvalue weighted by Gasteiger charge is -2.65. The molecule has 0 unspecified atom stereocenters. The largest absolute Gasteiger partial charge is 0.393 e. The maximum absolute atomic E-state index is 12.2. The van der Waals surface area contributed by atoms with Crippen molar-refractivity contribution >= 4 is 0 Å². The number of hydrogen-bond donors (Lipinski definition) is 4. The molecule has 4 heteroatoms. The SMILES string of the molecule is CC(C)[C@H](C)C/C=C/[C@@H](C)[C@H]1CC[C@H]2C3=C[C@@H](O)[C@@]4(O)C[C@@H](O)CC[C@]4(C)[C@@]3(O)CC[C@]12C. The van der Waals surface area contributed by atoms with Crippen molar-refractivity contribution in [2.75, 3.05) is 0 Å². The van der Waals surface area contributed by atoms with Crippen molar-refractivity contribution in [3.8, 4) is 0 Å². The number of hydrogen-bond acceptors (Lipinski definition) is 4. The molecule has 4 rings (SSSR count). The maximum atomic E-state index is 12.2. The van der Waals surface area contributed by atoms with E-state index in [0.717, 1.165) is 31.3 Å². The highest BCUT2D eigenvalue weighted by Crippen LogP contribution is 2.69. The Morgan fingerprint density at radius 2 is 1.70 bits per heavy atom. The molecule has 33 heavy (non-hydrogen) atoms. The van der Waals surface area contributed by atoms with Gasteiger partial charge in [0.2, 0.25) is 0 Å². The summed E-state index contributed by atoms with van der Waals surface area (Å²) in [5, 5.41) is 45.2. The fraction of sp³-hybridized carbons (Fsp3) is 0.862. The van der Waals surface area contributed by atoms with Crippen LogP contribution in [0.5, 0.6) is 0 Å². The van der Waals surface area contributed by atoms with Crippen LogP contribution in [0.3, 0.4) is 0 Å². The average molecular weight is 461 g/mol. The fourth-order valence-electron chi connectivity index (χ4n) is 8.32. The predicted molar refractivity (Wildman–Crippen MR) is 132 cm³/mol. The minimum atomic E-state index is -1.49. The molecule has 188 valence electrons. The van der Waals surface area contributed by atoms with E-state index >= 15 is 0 Å². The summed E-state index contributed by atoms with van der Waals surface area (Å²) >= 11 is 0. The molecule has 0 bridgehead atoms. The van der Waals surface area contributed by atoms with Gasteiger partial charge in [0.25, 0.3) is 0 Å². The normalized spacial score (nSPS) is 49.4. The quantitative estimate of drug-likeness (QED) is 0.435. The topological polar surface area (TPSA) is 80.9 Å². The number of allylic oxidation sites excluding steroid dienone is 2. The van der Waals surface area contributed by atoms with Crippen molar-refractivity contribution in [2.45, 2.75) is 116 Å². The smallest absolute Gasteiger partial charge is 0.105 e. The molecule has 0 spiro atoms. The zero-order valence-electron chi connectivity index (χ0n) is 21.7. The zero-order chi connectivity index (χ0) is 24.4. The van der Waals surface area contributed by atoms with Crippen LogP contribution in [0.4, 0.5) is 0 Å². The van der Waals surface area contributed by atoms with Gasteiger partial charge in [0, 0.05) is 11.8 Å². The van der Waals surface area contributed by atoms with Crippen LogP contribution in [0.25, 0.3) is 0 Å². The van der Waals surface area contributed by atoms with Gasteiger partial charge in [-0.2, -0.15) is 0 Å². The summed E-state index contributed by atoms with van der Waals surface area (Å²) in [6, 6.07) is 0. The summed E-state index contributed by atoms with van der Waals surface area (Å²) < 4.78 is 0. The van der Waals surface area contributed by atoms with Gasteiger partial charge in [-0.1, -0.05) is 59.8 Å². The van der Waals surface area contributed by atoms with Crippen molar-refractivity contribution in [3.05, 3.63) is 23.8 Å². The van der Waals surface area contributed by atoms with Crippen molar-refractivity contribution in [1.29, 1.82) is 0 Å². The second kappa shape index (κ2) is 8.47. The lowest BCUT2D eigenvalue weighted by molar-refractivity contribution is -0.258. The van der Waals surface area contributed by atoms with Gasteiger partial charge in [-0.3, -0.25) is 0 Å². The van der Waals surface area contributed by atoms with Crippen LogP contribution in [-0.4, -0.2) is 43.8 Å². The molecule has 0 amide bonds. The third kappa shape index (κ3) is 3.61.